The molecule has 0 aromatic carbocycles. The number of carbonyl (C=O) groups is 1. The molecule has 7 heteroatoms. The molecule has 20 heavy (non-hydrogen) atoms. The van der Waals surface area contributed by atoms with E-state index in [9.17, 15) is 9.59 Å². The number of aromatic nitrogens is 2. The first kappa shape index (κ1) is 16.2. The van der Waals surface area contributed by atoms with Crippen molar-refractivity contribution in [3.63, 3.8) is 0 Å². The lowest BCUT2D eigenvalue weighted by Gasteiger charge is -2.13. The van der Waals surface area contributed by atoms with E-state index in [0.717, 1.165) is 25.9 Å². The van der Waals surface area contributed by atoms with E-state index in [-0.39, 0.29) is 17.5 Å². The average molecular weight is 282 g/mol. The number of amides is 2. The van der Waals surface area contributed by atoms with Crippen LogP contribution in [0.3, 0.4) is 0 Å². The molecule has 1 unspecified atom stereocenters. The van der Waals surface area contributed by atoms with Crippen molar-refractivity contribution < 1.29 is 9.69 Å². The molecule has 7 nitrogen and oxygen atoms in total. The highest BCUT2D eigenvalue weighted by Crippen LogP contribution is 1.94. The molecule has 0 fully saturated rings. The molecule has 0 radical (unpaired) electrons. The lowest BCUT2D eigenvalue weighted by Crippen LogP contribution is -3.09. The summed E-state index contributed by atoms with van der Waals surface area (Å²) >= 11 is 0. The molecule has 0 spiro atoms. The highest BCUT2D eigenvalue weighted by molar-refractivity contribution is 5.87. The maximum atomic E-state index is 11.6. The van der Waals surface area contributed by atoms with Gasteiger partial charge in [0.15, 0.2) is 0 Å². The van der Waals surface area contributed by atoms with Crippen LogP contribution in [-0.2, 0) is 0 Å². The predicted octanol–water partition coefficient (Wildman–Crippen LogP) is -0.485. The number of hydrogen-bond donors (Lipinski definition) is 4. The van der Waals surface area contributed by atoms with Gasteiger partial charge in [0.1, 0.15) is 0 Å². The highest BCUT2D eigenvalue weighted by Gasteiger charge is 2.05. The topological polar surface area (TPSA) is 91.3 Å². The molecule has 1 aromatic heterocycles. The standard InChI is InChI=1S/C13H23N5O2/c1-4-7-18(3)8-5-6-14-13(20)17-12-15-10(2)9-11(19)16-12/h9H,4-8H2,1-3H3,(H3,14,15,16,17,19,20)/p+1. The summed E-state index contributed by atoms with van der Waals surface area (Å²) in [5.74, 6) is 0.168. The Hall–Kier alpha value is -1.89. The van der Waals surface area contributed by atoms with Crippen LogP contribution in [0.5, 0.6) is 0 Å². The monoisotopic (exact) mass is 282 g/mol. The van der Waals surface area contributed by atoms with Crippen molar-refractivity contribution >= 4 is 12.0 Å². The Morgan fingerprint density at radius 2 is 2.20 bits per heavy atom. The van der Waals surface area contributed by atoms with E-state index in [1.54, 1.807) is 6.92 Å². The summed E-state index contributed by atoms with van der Waals surface area (Å²) < 4.78 is 0. The summed E-state index contributed by atoms with van der Waals surface area (Å²) in [5.41, 5.74) is 0.284. The Labute approximate surface area is 118 Å². The third-order valence-corrected chi connectivity index (χ3v) is 2.84. The normalized spacial score (nSPS) is 11.9. The maximum Gasteiger partial charge on any atom is 0.321 e. The Balaban J connectivity index is 2.28. The zero-order chi connectivity index (χ0) is 15.0. The van der Waals surface area contributed by atoms with Crippen LogP contribution < -0.4 is 21.1 Å². The van der Waals surface area contributed by atoms with Crippen molar-refractivity contribution in [2.75, 3.05) is 32.0 Å². The van der Waals surface area contributed by atoms with Crippen LogP contribution in [-0.4, -0.2) is 42.7 Å². The molecule has 1 heterocycles. The molecule has 0 aliphatic heterocycles. The summed E-state index contributed by atoms with van der Waals surface area (Å²) in [4.78, 5) is 30.8. The van der Waals surface area contributed by atoms with Gasteiger partial charge >= 0.3 is 6.03 Å². The minimum Gasteiger partial charge on any atom is -0.338 e. The van der Waals surface area contributed by atoms with Crippen LogP contribution in [0.25, 0.3) is 0 Å². The van der Waals surface area contributed by atoms with Crippen LogP contribution in [0.15, 0.2) is 10.9 Å². The van der Waals surface area contributed by atoms with Crippen LogP contribution >= 0.6 is 0 Å². The number of carbonyl (C=O) groups excluding carboxylic acids is 1. The number of nitrogens with zero attached hydrogens (tertiary/aromatic N) is 1. The molecule has 0 aliphatic rings. The summed E-state index contributed by atoms with van der Waals surface area (Å²) in [6, 6.07) is 1.02. The van der Waals surface area contributed by atoms with E-state index in [1.165, 1.54) is 11.0 Å². The van der Waals surface area contributed by atoms with E-state index in [4.69, 9.17) is 0 Å². The summed E-state index contributed by atoms with van der Waals surface area (Å²) in [6.07, 6.45) is 2.07. The SMILES string of the molecule is CCC[NH+](C)CCCNC(=O)Nc1nc(C)cc(=O)[nH]1. The fourth-order valence-corrected chi connectivity index (χ4v) is 1.93. The van der Waals surface area contributed by atoms with Crippen LogP contribution in [0.4, 0.5) is 10.7 Å². The number of aryl methyl sites for hydroxylation is 1. The zero-order valence-corrected chi connectivity index (χ0v) is 12.4. The molecular weight excluding hydrogens is 258 g/mol. The molecule has 0 aliphatic carbocycles. The highest BCUT2D eigenvalue weighted by atomic mass is 16.2. The number of hydrogen-bond acceptors (Lipinski definition) is 3. The molecule has 2 amide bonds. The van der Waals surface area contributed by atoms with Crippen molar-refractivity contribution in [3.8, 4) is 0 Å². The van der Waals surface area contributed by atoms with Gasteiger partial charge in [0.05, 0.1) is 20.1 Å². The molecule has 1 atom stereocenters. The van der Waals surface area contributed by atoms with Crippen molar-refractivity contribution in [1.82, 2.24) is 15.3 Å². The number of rotatable bonds is 7. The van der Waals surface area contributed by atoms with E-state index in [0.29, 0.717) is 12.2 Å². The quantitative estimate of drug-likeness (QED) is 0.509. The van der Waals surface area contributed by atoms with Crippen molar-refractivity contribution in [2.45, 2.75) is 26.7 Å². The van der Waals surface area contributed by atoms with E-state index < -0.39 is 0 Å². The van der Waals surface area contributed by atoms with Gasteiger partial charge in [-0.25, -0.2) is 9.78 Å². The van der Waals surface area contributed by atoms with Gasteiger partial charge in [0.25, 0.3) is 5.56 Å². The first-order valence-electron chi connectivity index (χ1n) is 6.95. The first-order valence-corrected chi connectivity index (χ1v) is 6.95. The zero-order valence-electron chi connectivity index (χ0n) is 12.4. The maximum absolute atomic E-state index is 11.6. The van der Waals surface area contributed by atoms with Crippen molar-refractivity contribution in [1.29, 1.82) is 0 Å². The molecule has 0 saturated heterocycles. The summed E-state index contributed by atoms with van der Waals surface area (Å²) in [6.45, 7) is 6.62. The van der Waals surface area contributed by atoms with Crippen LogP contribution in [0.2, 0.25) is 0 Å². The molecule has 1 rings (SSSR count). The number of quaternary nitrogens is 1. The Morgan fingerprint density at radius 1 is 1.45 bits per heavy atom. The third-order valence-electron chi connectivity index (χ3n) is 2.84. The number of urea groups is 1. The largest absolute Gasteiger partial charge is 0.338 e. The first-order chi connectivity index (χ1) is 9.51. The van der Waals surface area contributed by atoms with E-state index >= 15 is 0 Å². The minimum absolute atomic E-state index is 0.168. The second-order valence-corrected chi connectivity index (χ2v) is 4.93. The Bertz CT molecular complexity index is 486. The Kier molecular flexibility index (Phi) is 6.72. The smallest absolute Gasteiger partial charge is 0.321 e. The number of aromatic amines is 1. The average Bonchev–Trinajstić information content (AvgIpc) is 2.33. The molecule has 1 aromatic rings. The molecule has 0 saturated carbocycles. The van der Waals surface area contributed by atoms with Gasteiger partial charge < -0.3 is 10.2 Å². The van der Waals surface area contributed by atoms with Crippen molar-refractivity contribution in [2.24, 2.45) is 0 Å². The number of anilines is 1. The van der Waals surface area contributed by atoms with Gasteiger partial charge in [0, 0.05) is 24.7 Å². The van der Waals surface area contributed by atoms with Gasteiger partial charge in [0.2, 0.25) is 5.95 Å². The van der Waals surface area contributed by atoms with Gasteiger partial charge in [-0.1, -0.05) is 6.92 Å². The third kappa shape index (κ3) is 6.33. The molecule has 112 valence electrons. The molecule has 4 N–H and O–H groups in total. The van der Waals surface area contributed by atoms with Gasteiger partial charge in [-0.3, -0.25) is 15.1 Å². The van der Waals surface area contributed by atoms with E-state index in [1.807, 2.05) is 0 Å². The number of H-pyrrole nitrogens is 1. The fraction of sp³-hybridized carbons (Fsp3) is 0.615. The van der Waals surface area contributed by atoms with Crippen LogP contribution in [0.1, 0.15) is 25.5 Å². The second kappa shape index (κ2) is 8.31. The molecule has 0 bridgehead atoms. The predicted molar refractivity (Wildman–Crippen MR) is 78.1 cm³/mol. The van der Waals surface area contributed by atoms with Crippen LogP contribution in [0, 0.1) is 6.92 Å². The van der Waals surface area contributed by atoms with E-state index in [2.05, 4.69) is 34.6 Å². The lowest BCUT2D eigenvalue weighted by atomic mass is 10.3. The second-order valence-electron chi connectivity index (χ2n) is 4.93. The minimum atomic E-state index is -0.355. The van der Waals surface area contributed by atoms with Gasteiger partial charge in [-0.2, -0.15) is 0 Å². The van der Waals surface area contributed by atoms with Gasteiger partial charge in [-0.05, 0) is 13.3 Å². The lowest BCUT2D eigenvalue weighted by molar-refractivity contribution is -0.879. The fourth-order valence-electron chi connectivity index (χ4n) is 1.93. The van der Waals surface area contributed by atoms with Gasteiger partial charge in [-0.15, -0.1) is 0 Å². The van der Waals surface area contributed by atoms with Crippen molar-refractivity contribution in [3.05, 3.63) is 22.1 Å². The summed E-state index contributed by atoms with van der Waals surface area (Å²) in [7, 11) is 2.14. The summed E-state index contributed by atoms with van der Waals surface area (Å²) in [5, 5.41) is 5.26. The molecular formula is C13H24N5O2+. The number of nitrogens with one attached hydrogen (secondary N) is 4. The Morgan fingerprint density at radius 3 is 2.85 bits per heavy atom.